The van der Waals surface area contributed by atoms with E-state index in [2.05, 4.69) is 26.0 Å². The summed E-state index contributed by atoms with van der Waals surface area (Å²) in [6, 6.07) is 7.95. The lowest BCUT2D eigenvalue weighted by Gasteiger charge is -2.28. The van der Waals surface area contributed by atoms with Gasteiger partial charge in [-0.3, -0.25) is 5.10 Å². The second-order valence-electron chi connectivity index (χ2n) is 4.93. The molecule has 3 rings (SSSR count). The molecule has 21 heavy (non-hydrogen) atoms. The first kappa shape index (κ1) is 14.2. The van der Waals surface area contributed by atoms with Crippen molar-refractivity contribution in [3.05, 3.63) is 47.5 Å². The van der Waals surface area contributed by atoms with Crippen molar-refractivity contribution in [2.45, 2.75) is 19.4 Å². The van der Waals surface area contributed by atoms with Crippen molar-refractivity contribution in [3.8, 4) is 0 Å². The fraction of sp³-hybridized carbons (Fsp3) is 0.385. The Hall–Kier alpha value is -1.77. The average molecular weight is 307 g/mol. The molecule has 7 nitrogen and oxygen atoms in total. The Morgan fingerprint density at radius 3 is 2.86 bits per heavy atom. The molecule has 2 N–H and O–H groups in total. The fourth-order valence-corrected chi connectivity index (χ4v) is 3.60. The number of aromatic amines is 1. The van der Waals surface area contributed by atoms with E-state index in [0.717, 1.165) is 12.0 Å². The number of hydrogen-bond acceptors (Lipinski definition) is 4. The largest absolute Gasteiger partial charge is 0.279 e. The van der Waals surface area contributed by atoms with Crippen LogP contribution < -0.4 is 4.72 Å². The predicted octanol–water partition coefficient (Wildman–Crippen LogP) is 0.240. The molecule has 0 aliphatic carbocycles. The van der Waals surface area contributed by atoms with Gasteiger partial charge in [-0.25, -0.2) is 9.71 Å². The first-order valence-electron chi connectivity index (χ1n) is 6.81. The molecule has 0 saturated heterocycles. The number of hydrogen-bond donors (Lipinski definition) is 2. The van der Waals surface area contributed by atoms with E-state index >= 15 is 0 Å². The molecule has 0 saturated carbocycles. The summed E-state index contributed by atoms with van der Waals surface area (Å²) in [5.41, 5.74) is 2.30. The number of nitrogens with one attached hydrogen (secondary N) is 2. The van der Waals surface area contributed by atoms with E-state index in [1.165, 1.54) is 16.2 Å². The van der Waals surface area contributed by atoms with Crippen molar-refractivity contribution in [3.63, 3.8) is 0 Å². The number of aromatic nitrogens is 3. The van der Waals surface area contributed by atoms with Crippen LogP contribution >= 0.6 is 0 Å². The Morgan fingerprint density at radius 2 is 2.10 bits per heavy atom. The predicted molar refractivity (Wildman–Crippen MR) is 77.6 cm³/mol. The van der Waals surface area contributed by atoms with Gasteiger partial charge < -0.3 is 0 Å². The van der Waals surface area contributed by atoms with Crippen LogP contribution in [-0.2, 0) is 29.6 Å². The van der Waals surface area contributed by atoms with Crippen molar-refractivity contribution in [1.82, 2.24) is 24.2 Å². The quantitative estimate of drug-likeness (QED) is 0.828. The smallest absolute Gasteiger partial charge is 0.263 e. The van der Waals surface area contributed by atoms with Crippen molar-refractivity contribution >= 4 is 10.2 Å². The van der Waals surface area contributed by atoms with Crippen LogP contribution in [0.3, 0.4) is 0 Å². The molecule has 8 heteroatoms. The highest BCUT2D eigenvalue weighted by molar-refractivity contribution is 7.87. The van der Waals surface area contributed by atoms with E-state index < -0.39 is 10.2 Å². The Labute approximate surface area is 123 Å². The van der Waals surface area contributed by atoms with Gasteiger partial charge in [0.05, 0.1) is 0 Å². The van der Waals surface area contributed by atoms with Crippen LogP contribution in [-0.4, -0.2) is 41.0 Å². The van der Waals surface area contributed by atoms with Gasteiger partial charge in [0, 0.05) is 26.1 Å². The molecular formula is C13H17N5O2S. The lowest BCUT2D eigenvalue weighted by atomic mass is 10.0. The lowest BCUT2D eigenvalue weighted by molar-refractivity contribution is 0.384. The normalized spacial score (nSPS) is 15.8. The molecule has 0 spiro atoms. The highest BCUT2D eigenvalue weighted by Crippen LogP contribution is 2.20. The summed E-state index contributed by atoms with van der Waals surface area (Å²) in [7, 11) is -3.46. The fourth-order valence-electron chi connectivity index (χ4n) is 2.42. The van der Waals surface area contributed by atoms with E-state index in [9.17, 15) is 8.42 Å². The number of rotatable bonds is 5. The molecule has 112 valence electrons. The minimum atomic E-state index is -3.46. The minimum absolute atomic E-state index is 0.301. The zero-order valence-corrected chi connectivity index (χ0v) is 12.3. The molecule has 0 unspecified atom stereocenters. The third kappa shape index (κ3) is 3.29. The van der Waals surface area contributed by atoms with Crippen LogP contribution in [0.25, 0.3) is 0 Å². The van der Waals surface area contributed by atoms with Gasteiger partial charge in [0.1, 0.15) is 12.2 Å². The van der Waals surface area contributed by atoms with Gasteiger partial charge in [0.2, 0.25) is 0 Å². The van der Waals surface area contributed by atoms with Gasteiger partial charge in [0.25, 0.3) is 10.2 Å². The Kier molecular flexibility index (Phi) is 4.00. The van der Waals surface area contributed by atoms with Crippen LogP contribution in [0.4, 0.5) is 0 Å². The molecule has 1 aromatic carbocycles. The van der Waals surface area contributed by atoms with Crippen molar-refractivity contribution in [1.29, 1.82) is 0 Å². The van der Waals surface area contributed by atoms with E-state index in [1.54, 1.807) is 0 Å². The van der Waals surface area contributed by atoms with E-state index in [4.69, 9.17) is 0 Å². The van der Waals surface area contributed by atoms with Crippen LogP contribution in [0.1, 0.15) is 17.0 Å². The maximum absolute atomic E-state index is 12.3. The van der Waals surface area contributed by atoms with Gasteiger partial charge in [0.15, 0.2) is 0 Å². The van der Waals surface area contributed by atoms with E-state index in [-0.39, 0.29) is 0 Å². The molecule has 0 atom stereocenters. The Balaban J connectivity index is 1.61. The monoisotopic (exact) mass is 307 g/mol. The third-order valence-electron chi connectivity index (χ3n) is 3.55. The molecule has 1 aliphatic rings. The number of benzene rings is 1. The van der Waals surface area contributed by atoms with Gasteiger partial charge >= 0.3 is 0 Å². The topological polar surface area (TPSA) is 91.0 Å². The summed E-state index contributed by atoms with van der Waals surface area (Å²) >= 11 is 0. The highest BCUT2D eigenvalue weighted by Gasteiger charge is 2.25. The first-order valence-corrected chi connectivity index (χ1v) is 8.25. The molecule has 2 aromatic rings. The van der Waals surface area contributed by atoms with E-state index in [1.807, 2.05) is 18.2 Å². The zero-order chi connectivity index (χ0) is 14.7. The molecule has 0 radical (unpaired) electrons. The third-order valence-corrected chi connectivity index (χ3v) is 5.11. The van der Waals surface area contributed by atoms with Crippen molar-refractivity contribution in [2.75, 3.05) is 13.1 Å². The zero-order valence-electron chi connectivity index (χ0n) is 11.5. The number of nitrogens with zero attached hydrogens (tertiary/aromatic N) is 3. The van der Waals surface area contributed by atoms with Crippen LogP contribution in [0.15, 0.2) is 30.6 Å². The number of H-pyrrole nitrogens is 1. The summed E-state index contributed by atoms with van der Waals surface area (Å²) in [6.07, 6.45) is 2.65. The minimum Gasteiger partial charge on any atom is -0.263 e. The summed E-state index contributed by atoms with van der Waals surface area (Å²) in [6.45, 7) is 1.23. The van der Waals surface area contributed by atoms with Gasteiger partial charge in [-0.05, 0) is 17.5 Å². The number of fused-ring (bicyclic) bond motifs is 1. The second-order valence-corrected chi connectivity index (χ2v) is 6.69. The van der Waals surface area contributed by atoms with Gasteiger partial charge in [-0.1, -0.05) is 24.3 Å². The van der Waals surface area contributed by atoms with Crippen molar-refractivity contribution in [2.24, 2.45) is 0 Å². The molecule has 2 heterocycles. The Morgan fingerprint density at radius 1 is 1.29 bits per heavy atom. The van der Waals surface area contributed by atoms with Gasteiger partial charge in [-0.2, -0.15) is 17.8 Å². The molecule has 1 aliphatic heterocycles. The maximum Gasteiger partial charge on any atom is 0.279 e. The van der Waals surface area contributed by atoms with Crippen LogP contribution in [0, 0.1) is 0 Å². The van der Waals surface area contributed by atoms with E-state index in [0.29, 0.717) is 31.9 Å². The van der Waals surface area contributed by atoms with Crippen LogP contribution in [0.2, 0.25) is 0 Å². The molecular weight excluding hydrogens is 290 g/mol. The van der Waals surface area contributed by atoms with Gasteiger partial charge in [-0.15, -0.1) is 0 Å². The SMILES string of the molecule is O=S(=O)(NCCc1ncn[nH]1)N1CCc2ccccc2C1. The maximum atomic E-state index is 12.3. The second kappa shape index (κ2) is 5.92. The van der Waals surface area contributed by atoms with Crippen LogP contribution in [0.5, 0.6) is 0 Å². The highest BCUT2D eigenvalue weighted by atomic mass is 32.2. The first-order chi connectivity index (χ1) is 10.1. The summed E-state index contributed by atoms with van der Waals surface area (Å²) in [5, 5.41) is 6.43. The molecule has 0 fully saturated rings. The summed E-state index contributed by atoms with van der Waals surface area (Å²) < 4.78 is 28.7. The molecule has 0 bridgehead atoms. The summed E-state index contributed by atoms with van der Waals surface area (Å²) in [5.74, 6) is 0.668. The van der Waals surface area contributed by atoms with Crippen molar-refractivity contribution < 1.29 is 8.42 Å². The standard InChI is InChI=1S/C13H17N5O2S/c19-21(20,16-7-5-13-14-10-15-17-13)18-8-6-11-3-1-2-4-12(11)9-18/h1-4,10,16H,5-9H2,(H,14,15,17). The molecule has 1 aromatic heterocycles. The lowest BCUT2D eigenvalue weighted by Crippen LogP contribution is -2.43. The Bertz CT molecular complexity index is 699. The molecule has 0 amide bonds. The summed E-state index contributed by atoms with van der Waals surface area (Å²) in [4.78, 5) is 3.96. The average Bonchev–Trinajstić information content (AvgIpc) is 3.00.